The maximum absolute atomic E-state index is 12.6. The van der Waals surface area contributed by atoms with Crippen LogP contribution >= 0.6 is 0 Å². The predicted molar refractivity (Wildman–Crippen MR) is 84.2 cm³/mol. The summed E-state index contributed by atoms with van der Waals surface area (Å²) >= 11 is 0. The van der Waals surface area contributed by atoms with Gasteiger partial charge in [-0.2, -0.15) is 0 Å². The summed E-state index contributed by atoms with van der Waals surface area (Å²) in [6.45, 7) is 8.86. The summed E-state index contributed by atoms with van der Waals surface area (Å²) in [6, 6.07) is 1.18. The van der Waals surface area contributed by atoms with Gasteiger partial charge in [-0.05, 0) is 56.9 Å². The highest BCUT2D eigenvalue weighted by Gasteiger charge is 2.44. The molecule has 6 nitrogen and oxygen atoms in total. The number of nitrogens with zero attached hydrogens (tertiary/aromatic N) is 2. The average Bonchev–Trinajstić information content (AvgIpc) is 2.68. The molecule has 1 fully saturated rings. The fraction of sp³-hybridized carbons (Fsp3) is 0.412. The topological polar surface area (TPSA) is 74.8 Å². The summed E-state index contributed by atoms with van der Waals surface area (Å²) in [7, 11) is 0. The number of hydrogen-bond acceptors (Lipinski definition) is 4. The zero-order valence-electron chi connectivity index (χ0n) is 14.0. The number of amides is 4. The van der Waals surface area contributed by atoms with Crippen LogP contribution < -0.4 is 0 Å². The summed E-state index contributed by atoms with van der Waals surface area (Å²) in [4.78, 5) is 49.9. The van der Waals surface area contributed by atoms with Crippen molar-refractivity contribution in [2.45, 2.75) is 34.6 Å². The van der Waals surface area contributed by atoms with E-state index in [0.29, 0.717) is 5.56 Å². The number of aryl methyl sites for hydroxylation is 2. The first-order valence-corrected chi connectivity index (χ1v) is 7.48. The first kappa shape index (κ1) is 16.9. The van der Waals surface area contributed by atoms with Gasteiger partial charge in [0.1, 0.15) is 0 Å². The van der Waals surface area contributed by atoms with Crippen molar-refractivity contribution in [3.63, 3.8) is 0 Å². The van der Waals surface area contributed by atoms with Crippen molar-refractivity contribution in [2.24, 2.45) is 0 Å². The van der Waals surface area contributed by atoms with Crippen molar-refractivity contribution in [1.82, 2.24) is 9.80 Å². The molecule has 1 heterocycles. The van der Waals surface area contributed by atoms with Crippen LogP contribution in [0.4, 0.5) is 4.79 Å². The molecular weight excluding hydrogens is 296 g/mol. The Kier molecular flexibility index (Phi) is 4.36. The van der Waals surface area contributed by atoms with Crippen LogP contribution in [-0.4, -0.2) is 46.5 Å². The number of hydrogen-bond donors (Lipinski definition) is 0. The molecule has 0 bridgehead atoms. The minimum absolute atomic E-state index is 0.107. The van der Waals surface area contributed by atoms with Gasteiger partial charge in [-0.25, -0.2) is 9.69 Å². The number of Topliss-reactive ketones (excluding diaryl/α,β-unsaturated/α-hetero) is 1. The highest BCUT2D eigenvalue weighted by atomic mass is 16.2. The standard InChI is InChI=1S/C17H20N2O4/c1-6-18-15(21)16(22)19(17(18)23)8-13(20)14-10(3)7-9(2)11(4)12(14)5/h7H,6,8H2,1-5H3. The third-order valence-electron chi connectivity index (χ3n) is 4.39. The van der Waals surface area contributed by atoms with E-state index in [2.05, 4.69) is 0 Å². The second-order valence-electron chi connectivity index (χ2n) is 5.78. The van der Waals surface area contributed by atoms with Gasteiger partial charge in [-0.3, -0.25) is 19.3 Å². The molecule has 122 valence electrons. The molecule has 4 amide bonds. The molecule has 1 aromatic rings. The smallest absolute Gasteiger partial charge is 0.292 e. The molecule has 0 saturated carbocycles. The van der Waals surface area contributed by atoms with E-state index in [0.717, 1.165) is 32.1 Å². The molecule has 1 aliphatic heterocycles. The second-order valence-corrected chi connectivity index (χ2v) is 5.78. The molecular formula is C17H20N2O4. The lowest BCUT2D eigenvalue weighted by Crippen LogP contribution is -2.37. The second kappa shape index (κ2) is 5.95. The average molecular weight is 316 g/mol. The monoisotopic (exact) mass is 316 g/mol. The molecule has 0 aromatic heterocycles. The van der Waals surface area contributed by atoms with E-state index >= 15 is 0 Å². The van der Waals surface area contributed by atoms with Gasteiger partial charge in [0.15, 0.2) is 5.78 Å². The van der Waals surface area contributed by atoms with Gasteiger partial charge in [-0.15, -0.1) is 0 Å². The minimum Gasteiger partial charge on any atom is -0.292 e. The molecule has 1 aliphatic rings. The summed E-state index contributed by atoms with van der Waals surface area (Å²) in [5.41, 5.74) is 4.23. The number of imide groups is 2. The van der Waals surface area contributed by atoms with Crippen molar-refractivity contribution < 1.29 is 19.2 Å². The quantitative estimate of drug-likeness (QED) is 0.483. The Morgan fingerprint density at radius 3 is 2.00 bits per heavy atom. The Bertz CT molecular complexity index is 737. The molecule has 0 atom stereocenters. The highest BCUT2D eigenvalue weighted by molar-refractivity contribution is 6.45. The van der Waals surface area contributed by atoms with Crippen molar-refractivity contribution in [2.75, 3.05) is 13.1 Å². The highest BCUT2D eigenvalue weighted by Crippen LogP contribution is 2.23. The maximum atomic E-state index is 12.6. The van der Waals surface area contributed by atoms with E-state index < -0.39 is 24.4 Å². The van der Waals surface area contributed by atoms with E-state index in [1.54, 1.807) is 6.92 Å². The van der Waals surface area contributed by atoms with Crippen LogP contribution in [0.2, 0.25) is 0 Å². The van der Waals surface area contributed by atoms with Crippen LogP contribution in [0.15, 0.2) is 6.07 Å². The van der Waals surface area contributed by atoms with Gasteiger partial charge in [0.25, 0.3) is 0 Å². The van der Waals surface area contributed by atoms with Gasteiger partial charge in [0, 0.05) is 12.1 Å². The number of ketones is 1. The van der Waals surface area contributed by atoms with Crippen LogP contribution in [0, 0.1) is 27.7 Å². The summed E-state index contributed by atoms with van der Waals surface area (Å²) in [5.74, 6) is -2.15. The van der Waals surface area contributed by atoms with Crippen molar-refractivity contribution in [1.29, 1.82) is 0 Å². The first-order chi connectivity index (χ1) is 10.7. The van der Waals surface area contributed by atoms with Crippen molar-refractivity contribution in [3.05, 3.63) is 33.9 Å². The fourth-order valence-corrected chi connectivity index (χ4v) is 2.90. The third-order valence-corrected chi connectivity index (χ3v) is 4.39. The van der Waals surface area contributed by atoms with Crippen LogP contribution in [0.1, 0.15) is 39.5 Å². The summed E-state index contributed by atoms with van der Waals surface area (Å²) in [5, 5.41) is 0. The number of urea groups is 1. The molecule has 1 aromatic carbocycles. The maximum Gasteiger partial charge on any atom is 0.334 e. The van der Waals surface area contributed by atoms with Crippen LogP contribution in [0.5, 0.6) is 0 Å². The molecule has 1 saturated heterocycles. The van der Waals surface area contributed by atoms with Crippen LogP contribution in [-0.2, 0) is 9.59 Å². The van der Waals surface area contributed by atoms with Gasteiger partial charge < -0.3 is 0 Å². The lowest BCUT2D eigenvalue weighted by atomic mass is 9.92. The Labute approximate surface area is 135 Å². The largest absolute Gasteiger partial charge is 0.334 e. The lowest BCUT2D eigenvalue weighted by Gasteiger charge is -2.17. The Hall–Kier alpha value is -2.50. The van der Waals surface area contributed by atoms with E-state index in [9.17, 15) is 19.2 Å². The van der Waals surface area contributed by atoms with Crippen LogP contribution in [0.3, 0.4) is 0 Å². The number of rotatable bonds is 4. The molecule has 6 heteroatoms. The minimum atomic E-state index is -0.940. The zero-order valence-corrected chi connectivity index (χ0v) is 14.0. The zero-order chi connectivity index (χ0) is 17.5. The normalized spacial score (nSPS) is 14.9. The lowest BCUT2D eigenvalue weighted by molar-refractivity contribution is -0.143. The van der Waals surface area contributed by atoms with Crippen molar-refractivity contribution in [3.8, 4) is 0 Å². The Morgan fingerprint density at radius 1 is 0.913 bits per heavy atom. The summed E-state index contributed by atoms with van der Waals surface area (Å²) in [6.07, 6.45) is 0. The molecule has 0 unspecified atom stereocenters. The number of carbonyl (C=O) groups is 4. The molecule has 0 radical (unpaired) electrons. The number of carbonyl (C=O) groups excluding carboxylic acids is 4. The number of likely N-dealkylation sites (N-methyl/N-ethyl adjacent to an activating group) is 1. The molecule has 2 rings (SSSR count). The van der Waals surface area contributed by atoms with E-state index in [4.69, 9.17) is 0 Å². The molecule has 0 spiro atoms. The van der Waals surface area contributed by atoms with Gasteiger partial charge >= 0.3 is 17.8 Å². The van der Waals surface area contributed by atoms with Crippen LogP contribution in [0.25, 0.3) is 0 Å². The Balaban J connectivity index is 2.34. The third kappa shape index (κ3) is 2.65. The molecule has 0 N–H and O–H groups in total. The first-order valence-electron chi connectivity index (χ1n) is 7.48. The van der Waals surface area contributed by atoms with E-state index in [1.807, 2.05) is 33.8 Å². The summed E-state index contributed by atoms with van der Waals surface area (Å²) < 4.78 is 0. The predicted octanol–water partition coefficient (Wildman–Crippen LogP) is 1.91. The van der Waals surface area contributed by atoms with Crippen molar-refractivity contribution >= 4 is 23.6 Å². The van der Waals surface area contributed by atoms with Gasteiger partial charge in [0.05, 0.1) is 6.54 Å². The number of benzene rings is 1. The molecule has 0 aliphatic carbocycles. The van der Waals surface area contributed by atoms with E-state index in [1.165, 1.54) is 0 Å². The SMILES string of the molecule is CCN1C(=O)C(=O)N(CC(=O)c2c(C)cc(C)c(C)c2C)C1=O. The Morgan fingerprint density at radius 2 is 1.48 bits per heavy atom. The van der Waals surface area contributed by atoms with Gasteiger partial charge in [0.2, 0.25) is 0 Å². The van der Waals surface area contributed by atoms with Gasteiger partial charge in [-0.1, -0.05) is 6.07 Å². The van der Waals surface area contributed by atoms with E-state index in [-0.39, 0.29) is 12.3 Å². The fourth-order valence-electron chi connectivity index (χ4n) is 2.90. The molecule has 23 heavy (non-hydrogen) atoms.